The fourth-order valence-electron chi connectivity index (χ4n) is 2.24. The van der Waals surface area contributed by atoms with E-state index in [0.29, 0.717) is 6.61 Å². The van der Waals surface area contributed by atoms with Gasteiger partial charge in [0.05, 0.1) is 6.61 Å². The zero-order valence-corrected chi connectivity index (χ0v) is 10.4. The number of fused-ring (bicyclic) bond motifs is 1. The Morgan fingerprint density at radius 2 is 2.12 bits per heavy atom. The molecule has 2 saturated heterocycles. The molecule has 17 heavy (non-hydrogen) atoms. The number of ether oxygens (including phenoxy) is 4. The van der Waals surface area contributed by atoms with E-state index in [9.17, 15) is 0 Å². The molecule has 94 valence electrons. The van der Waals surface area contributed by atoms with Gasteiger partial charge in [0, 0.05) is 0 Å². The zero-order chi connectivity index (χ0) is 12.7. The van der Waals surface area contributed by atoms with E-state index in [-0.39, 0.29) is 6.10 Å². The molecule has 0 aliphatic carbocycles. The summed E-state index contributed by atoms with van der Waals surface area (Å²) in [5.74, 6) is 1.90. The van der Waals surface area contributed by atoms with Crippen molar-refractivity contribution in [3.05, 3.63) is 12.7 Å². The maximum absolute atomic E-state index is 5.82. The van der Waals surface area contributed by atoms with Crippen molar-refractivity contribution in [2.75, 3.05) is 6.61 Å². The summed E-state index contributed by atoms with van der Waals surface area (Å²) in [6.07, 6.45) is 5.86. The van der Waals surface area contributed by atoms with Crippen molar-refractivity contribution in [2.45, 2.75) is 50.7 Å². The van der Waals surface area contributed by atoms with Crippen molar-refractivity contribution in [2.24, 2.45) is 0 Å². The van der Waals surface area contributed by atoms with Crippen LogP contribution in [0.3, 0.4) is 0 Å². The Hall–Kier alpha value is -0.860. The summed E-state index contributed by atoms with van der Waals surface area (Å²) in [6, 6.07) is 0. The molecule has 2 aliphatic rings. The SMILES string of the molecule is C#C[C@H]1O[C@@H]2OC(C)(C)O[C@@H]2[C@]1(C)OCC=C. The minimum atomic E-state index is -0.707. The van der Waals surface area contributed by atoms with E-state index < -0.39 is 23.8 Å². The van der Waals surface area contributed by atoms with Crippen LogP contribution in [0.15, 0.2) is 12.7 Å². The molecular weight excluding hydrogens is 220 g/mol. The minimum Gasteiger partial charge on any atom is -0.365 e. The minimum absolute atomic E-state index is 0.321. The van der Waals surface area contributed by atoms with Gasteiger partial charge < -0.3 is 18.9 Å². The van der Waals surface area contributed by atoms with E-state index in [0.717, 1.165) is 0 Å². The van der Waals surface area contributed by atoms with Gasteiger partial charge in [0.15, 0.2) is 18.2 Å². The monoisotopic (exact) mass is 238 g/mol. The first-order valence-electron chi connectivity index (χ1n) is 5.65. The fourth-order valence-corrected chi connectivity index (χ4v) is 2.24. The van der Waals surface area contributed by atoms with Crippen molar-refractivity contribution < 1.29 is 18.9 Å². The Balaban J connectivity index is 2.21. The molecule has 4 nitrogen and oxygen atoms in total. The first-order valence-corrected chi connectivity index (χ1v) is 5.65. The Kier molecular flexibility index (Phi) is 3.04. The van der Waals surface area contributed by atoms with E-state index in [1.54, 1.807) is 6.08 Å². The lowest BCUT2D eigenvalue weighted by atomic mass is 9.95. The summed E-state index contributed by atoms with van der Waals surface area (Å²) in [4.78, 5) is 0. The molecule has 0 N–H and O–H groups in total. The molecule has 2 fully saturated rings. The summed E-state index contributed by atoms with van der Waals surface area (Å²) >= 11 is 0. The van der Waals surface area contributed by atoms with E-state index in [1.807, 2.05) is 20.8 Å². The quantitative estimate of drug-likeness (QED) is 0.551. The Morgan fingerprint density at radius 3 is 2.71 bits per heavy atom. The Morgan fingerprint density at radius 1 is 1.41 bits per heavy atom. The van der Waals surface area contributed by atoms with E-state index in [1.165, 1.54) is 0 Å². The predicted molar refractivity (Wildman–Crippen MR) is 62.1 cm³/mol. The highest BCUT2D eigenvalue weighted by atomic mass is 16.8. The first-order chi connectivity index (χ1) is 7.93. The zero-order valence-electron chi connectivity index (χ0n) is 10.4. The number of hydrogen-bond acceptors (Lipinski definition) is 4. The standard InChI is InChI=1S/C13H18O4/c1-6-8-14-13(5)9(7-2)15-11-10(13)16-12(3,4)17-11/h2,6,9-11H,1,8H2,3-5H3/t9-,10+,11-,13-/m1/s1. The lowest BCUT2D eigenvalue weighted by molar-refractivity contribution is -0.224. The Labute approximate surface area is 102 Å². The molecule has 2 aliphatic heterocycles. The molecule has 0 radical (unpaired) electrons. The van der Waals surface area contributed by atoms with Crippen LogP contribution in [0, 0.1) is 12.3 Å². The summed E-state index contributed by atoms with van der Waals surface area (Å²) in [7, 11) is 0. The molecule has 2 rings (SSSR count). The van der Waals surface area contributed by atoms with Crippen LogP contribution in [0.2, 0.25) is 0 Å². The second-order valence-electron chi connectivity index (χ2n) is 4.89. The van der Waals surface area contributed by atoms with Gasteiger partial charge >= 0.3 is 0 Å². The van der Waals surface area contributed by atoms with E-state index in [2.05, 4.69) is 12.5 Å². The van der Waals surface area contributed by atoms with Crippen LogP contribution in [-0.4, -0.2) is 36.5 Å². The van der Waals surface area contributed by atoms with Crippen LogP contribution < -0.4 is 0 Å². The van der Waals surface area contributed by atoms with Gasteiger partial charge in [0.25, 0.3) is 0 Å². The van der Waals surface area contributed by atoms with Crippen LogP contribution in [-0.2, 0) is 18.9 Å². The van der Waals surface area contributed by atoms with Crippen molar-refractivity contribution in [1.82, 2.24) is 0 Å². The van der Waals surface area contributed by atoms with Crippen LogP contribution in [0.4, 0.5) is 0 Å². The molecule has 0 aromatic carbocycles. The van der Waals surface area contributed by atoms with Crippen LogP contribution >= 0.6 is 0 Å². The average Bonchev–Trinajstić information content (AvgIpc) is 2.69. The smallest absolute Gasteiger partial charge is 0.191 e. The van der Waals surface area contributed by atoms with Crippen LogP contribution in [0.25, 0.3) is 0 Å². The first kappa shape index (κ1) is 12.6. The molecule has 0 spiro atoms. The van der Waals surface area contributed by atoms with Gasteiger partial charge in [-0.05, 0) is 20.8 Å². The van der Waals surface area contributed by atoms with Gasteiger partial charge in [-0.2, -0.15) is 0 Å². The summed E-state index contributed by atoms with van der Waals surface area (Å²) in [6.45, 7) is 9.59. The molecule has 0 aromatic heterocycles. The Bertz CT molecular complexity index is 357. The normalized spacial score (nSPS) is 43.1. The second kappa shape index (κ2) is 4.11. The van der Waals surface area contributed by atoms with Gasteiger partial charge in [-0.15, -0.1) is 13.0 Å². The van der Waals surface area contributed by atoms with Crippen LogP contribution in [0.1, 0.15) is 20.8 Å². The number of rotatable bonds is 3. The molecule has 0 unspecified atom stereocenters. The molecule has 4 heteroatoms. The molecule has 2 heterocycles. The van der Waals surface area contributed by atoms with Crippen LogP contribution in [0.5, 0.6) is 0 Å². The van der Waals surface area contributed by atoms with Gasteiger partial charge in [0.2, 0.25) is 0 Å². The summed E-state index contributed by atoms with van der Waals surface area (Å²) in [5.41, 5.74) is -0.707. The number of terminal acetylenes is 1. The summed E-state index contributed by atoms with van der Waals surface area (Å²) in [5, 5.41) is 0. The van der Waals surface area contributed by atoms with E-state index in [4.69, 9.17) is 25.4 Å². The van der Waals surface area contributed by atoms with Crippen molar-refractivity contribution in [3.63, 3.8) is 0 Å². The lowest BCUT2D eigenvalue weighted by Gasteiger charge is -2.32. The highest BCUT2D eigenvalue weighted by Gasteiger charge is 2.61. The maximum atomic E-state index is 5.82. The van der Waals surface area contributed by atoms with Gasteiger partial charge in [-0.1, -0.05) is 12.0 Å². The van der Waals surface area contributed by atoms with Gasteiger partial charge in [0.1, 0.15) is 11.7 Å². The third-order valence-electron chi connectivity index (χ3n) is 3.08. The topological polar surface area (TPSA) is 36.9 Å². The third kappa shape index (κ3) is 2.00. The highest BCUT2D eigenvalue weighted by Crippen LogP contribution is 2.44. The molecule has 0 aromatic rings. The van der Waals surface area contributed by atoms with Crippen molar-refractivity contribution in [3.8, 4) is 12.3 Å². The van der Waals surface area contributed by atoms with Gasteiger partial charge in [-0.3, -0.25) is 0 Å². The predicted octanol–water partition coefficient (Wildman–Crippen LogP) is 1.46. The molecule has 4 atom stereocenters. The largest absolute Gasteiger partial charge is 0.365 e. The second-order valence-corrected chi connectivity index (χ2v) is 4.89. The van der Waals surface area contributed by atoms with Crippen molar-refractivity contribution in [1.29, 1.82) is 0 Å². The number of hydrogen-bond donors (Lipinski definition) is 0. The highest BCUT2D eigenvalue weighted by molar-refractivity contribution is 5.15. The van der Waals surface area contributed by atoms with Gasteiger partial charge in [-0.25, -0.2) is 0 Å². The van der Waals surface area contributed by atoms with Crippen molar-refractivity contribution >= 4 is 0 Å². The average molecular weight is 238 g/mol. The third-order valence-corrected chi connectivity index (χ3v) is 3.08. The molecule has 0 saturated carbocycles. The lowest BCUT2D eigenvalue weighted by Crippen LogP contribution is -2.48. The molecular formula is C13H18O4. The fraction of sp³-hybridized carbons (Fsp3) is 0.692. The maximum Gasteiger partial charge on any atom is 0.191 e. The van der Waals surface area contributed by atoms with E-state index >= 15 is 0 Å². The molecule has 0 bridgehead atoms. The molecule has 0 amide bonds. The summed E-state index contributed by atoms with van der Waals surface area (Å²) < 4.78 is 22.8.